The van der Waals surface area contributed by atoms with Crippen LogP contribution in [0, 0.1) is 0 Å². The van der Waals surface area contributed by atoms with Gasteiger partial charge in [-0.15, -0.1) is 0 Å². The molecular formula is C15H21N5O2. The van der Waals surface area contributed by atoms with E-state index in [4.69, 9.17) is 20.9 Å². The number of anilines is 2. The number of fused-ring (bicyclic) bond motifs is 1. The summed E-state index contributed by atoms with van der Waals surface area (Å²) in [5, 5.41) is 0.751. The molecule has 2 heterocycles. The largest absolute Gasteiger partial charge is 0.491 e. The molecule has 1 aliphatic heterocycles. The average molecular weight is 303 g/mol. The van der Waals surface area contributed by atoms with Crippen LogP contribution in [0.2, 0.25) is 0 Å². The minimum Gasteiger partial charge on any atom is -0.491 e. The van der Waals surface area contributed by atoms with Gasteiger partial charge in [0.1, 0.15) is 17.9 Å². The quantitative estimate of drug-likeness (QED) is 0.625. The molecule has 3 rings (SSSR count). The molecular weight excluding hydrogens is 282 g/mol. The Hall–Kier alpha value is -2.12. The second kappa shape index (κ2) is 6.76. The molecule has 0 unspecified atom stereocenters. The van der Waals surface area contributed by atoms with Crippen LogP contribution in [0.3, 0.4) is 0 Å². The number of ether oxygens (including phenoxy) is 2. The van der Waals surface area contributed by atoms with Crippen LogP contribution in [-0.2, 0) is 4.74 Å². The van der Waals surface area contributed by atoms with Crippen molar-refractivity contribution in [1.82, 2.24) is 14.9 Å². The molecule has 2 aromatic rings. The number of hydrogen-bond donors (Lipinski definition) is 2. The topological polar surface area (TPSA) is 99.5 Å². The minimum absolute atomic E-state index is 0.426. The number of hydrogen-bond acceptors (Lipinski definition) is 7. The van der Waals surface area contributed by atoms with E-state index in [2.05, 4.69) is 14.9 Å². The van der Waals surface area contributed by atoms with Crippen LogP contribution in [0.1, 0.15) is 6.42 Å². The maximum absolute atomic E-state index is 6.02. The standard InChI is InChI=1S/C15H21N5O2/c16-12-8-11-13(18-10-19-15(11)17)9-14(12)22-5-1-2-20-3-6-21-7-4-20/h8-10H,1-7,16H2,(H2,17,18,19). The summed E-state index contributed by atoms with van der Waals surface area (Å²) in [6.07, 6.45) is 2.39. The number of rotatable bonds is 5. The van der Waals surface area contributed by atoms with Crippen LogP contribution < -0.4 is 16.2 Å². The van der Waals surface area contributed by atoms with Gasteiger partial charge in [0.25, 0.3) is 0 Å². The van der Waals surface area contributed by atoms with Crippen molar-refractivity contribution in [2.24, 2.45) is 0 Å². The molecule has 0 atom stereocenters. The van der Waals surface area contributed by atoms with Crippen LogP contribution in [0.4, 0.5) is 11.5 Å². The Bertz CT molecular complexity index is 643. The van der Waals surface area contributed by atoms with E-state index in [-0.39, 0.29) is 0 Å². The Balaban J connectivity index is 1.58. The number of nitrogens with zero attached hydrogens (tertiary/aromatic N) is 3. The third-order valence-electron chi connectivity index (χ3n) is 3.78. The lowest BCUT2D eigenvalue weighted by Crippen LogP contribution is -2.37. The Morgan fingerprint density at radius 1 is 1.18 bits per heavy atom. The van der Waals surface area contributed by atoms with Gasteiger partial charge in [0, 0.05) is 31.1 Å². The molecule has 7 nitrogen and oxygen atoms in total. The van der Waals surface area contributed by atoms with Gasteiger partial charge in [-0.1, -0.05) is 0 Å². The highest BCUT2D eigenvalue weighted by atomic mass is 16.5. The highest BCUT2D eigenvalue weighted by molar-refractivity contribution is 5.92. The molecule has 0 aliphatic carbocycles. The number of nitrogen functional groups attached to an aromatic ring is 2. The van der Waals surface area contributed by atoms with Gasteiger partial charge in [0.05, 0.1) is 31.0 Å². The molecule has 1 aliphatic rings. The van der Waals surface area contributed by atoms with E-state index in [1.807, 2.05) is 6.07 Å². The van der Waals surface area contributed by atoms with E-state index in [0.717, 1.165) is 50.2 Å². The average Bonchev–Trinajstić information content (AvgIpc) is 2.54. The summed E-state index contributed by atoms with van der Waals surface area (Å²) in [5.41, 5.74) is 13.1. The van der Waals surface area contributed by atoms with Crippen LogP contribution in [-0.4, -0.2) is 54.3 Å². The van der Waals surface area contributed by atoms with E-state index >= 15 is 0 Å². The van der Waals surface area contributed by atoms with Gasteiger partial charge in [-0.2, -0.15) is 0 Å². The Morgan fingerprint density at radius 2 is 2.00 bits per heavy atom. The molecule has 7 heteroatoms. The Labute approximate surface area is 129 Å². The van der Waals surface area contributed by atoms with Crippen molar-refractivity contribution in [3.8, 4) is 5.75 Å². The Morgan fingerprint density at radius 3 is 2.82 bits per heavy atom. The molecule has 1 fully saturated rings. The lowest BCUT2D eigenvalue weighted by molar-refractivity contribution is 0.0358. The summed E-state index contributed by atoms with van der Waals surface area (Å²) < 4.78 is 11.1. The molecule has 118 valence electrons. The third kappa shape index (κ3) is 3.37. The molecule has 0 bridgehead atoms. The van der Waals surface area contributed by atoms with Crippen LogP contribution in [0.25, 0.3) is 10.9 Å². The molecule has 1 aromatic carbocycles. The summed E-state index contributed by atoms with van der Waals surface area (Å²) in [4.78, 5) is 10.5. The molecule has 1 aromatic heterocycles. The van der Waals surface area contributed by atoms with E-state index in [9.17, 15) is 0 Å². The first-order chi connectivity index (χ1) is 10.7. The van der Waals surface area contributed by atoms with E-state index in [1.165, 1.54) is 6.33 Å². The maximum Gasteiger partial charge on any atom is 0.144 e. The van der Waals surface area contributed by atoms with Crippen molar-refractivity contribution < 1.29 is 9.47 Å². The number of morpholine rings is 1. The van der Waals surface area contributed by atoms with E-state index in [0.29, 0.717) is 23.9 Å². The molecule has 22 heavy (non-hydrogen) atoms. The molecule has 0 saturated carbocycles. The highest BCUT2D eigenvalue weighted by Crippen LogP contribution is 2.29. The predicted molar refractivity (Wildman–Crippen MR) is 85.7 cm³/mol. The van der Waals surface area contributed by atoms with Crippen molar-refractivity contribution in [2.75, 3.05) is 50.9 Å². The second-order valence-corrected chi connectivity index (χ2v) is 5.32. The first kappa shape index (κ1) is 14.8. The summed E-state index contributed by atoms with van der Waals surface area (Å²) in [7, 11) is 0. The normalized spacial score (nSPS) is 16.0. The first-order valence-corrected chi connectivity index (χ1v) is 7.46. The minimum atomic E-state index is 0.426. The maximum atomic E-state index is 6.02. The van der Waals surface area contributed by atoms with Crippen molar-refractivity contribution >= 4 is 22.4 Å². The zero-order valence-electron chi connectivity index (χ0n) is 12.5. The van der Waals surface area contributed by atoms with Gasteiger partial charge in [0.15, 0.2) is 0 Å². The predicted octanol–water partition coefficient (Wildman–Crippen LogP) is 0.895. The van der Waals surface area contributed by atoms with Gasteiger partial charge in [-0.3, -0.25) is 4.90 Å². The fraction of sp³-hybridized carbons (Fsp3) is 0.467. The van der Waals surface area contributed by atoms with Crippen molar-refractivity contribution in [3.05, 3.63) is 18.5 Å². The van der Waals surface area contributed by atoms with Crippen LogP contribution >= 0.6 is 0 Å². The lowest BCUT2D eigenvalue weighted by atomic mass is 10.2. The SMILES string of the molecule is Nc1cc2c(N)ncnc2cc1OCCCN1CCOCC1. The third-order valence-corrected chi connectivity index (χ3v) is 3.78. The number of benzene rings is 1. The van der Waals surface area contributed by atoms with Gasteiger partial charge < -0.3 is 20.9 Å². The van der Waals surface area contributed by atoms with Crippen LogP contribution in [0.15, 0.2) is 18.5 Å². The lowest BCUT2D eigenvalue weighted by Gasteiger charge is -2.26. The monoisotopic (exact) mass is 303 g/mol. The zero-order valence-corrected chi connectivity index (χ0v) is 12.5. The van der Waals surface area contributed by atoms with Gasteiger partial charge in [-0.05, 0) is 12.5 Å². The summed E-state index contributed by atoms with van der Waals surface area (Å²) in [6.45, 7) is 5.25. The fourth-order valence-corrected chi connectivity index (χ4v) is 2.54. The van der Waals surface area contributed by atoms with Crippen molar-refractivity contribution in [2.45, 2.75) is 6.42 Å². The van der Waals surface area contributed by atoms with Crippen molar-refractivity contribution in [3.63, 3.8) is 0 Å². The first-order valence-electron chi connectivity index (χ1n) is 7.46. The van der Waals surface area contributed by atoms with Crippen LogP contribution in [0.5, 0.6) is 5.75 Å². The smallest absolute Gasteiger partial charge is 0.144 e. The van der Waals surface area contributed by atoms with E-state index < -0.39 is 0 Å². The summed E-state index contributed by atoms with van der Waals surface area (Å²) in [6, 6.07) is 3.58. The summed E-state index contributed by atoms with van der Waals surface area (Å²) in [5.74, 6) is 1.07. The zero-order chi connectivity index (χ0) is 15.4. The number of aromatic nitrogens is 2. The van der Waals surface area contributed by atoms with Crippen molar-refractivity contribution in [1.29, 1.82) is 0 Å². The van der Waals surface area contributed by atoms with E-state index in [1.54, 1.807) is 6.07 Å². The van der Waals surface area contributed by atoms with Gasteiger partial charge >= 0.3 is 0 Å². The van der Waals surface area contributed by atoms with Gasteiger partial charge in [-0.25, -0.2) is 9.97 Å². The van der Waals surface area contributed by atoms with Gasteiger partial charge in [0.2, 0.25) is 0 Å². The fourth-order valence-electron chi connectivity index (χ4n) is 2.54. The second-order valence-electron chi connectivity index (χ2n) is 5.32. The summed E-state index contributed by atoms with van der Waals surface area (Å²) >= 11 is 0. The molecule has 1 saturated heterocycles. The highest BCUT2D eigenvalue weighted by Gasteiger charge is 2.10. The molecule has 0 radical (unpaired) electrons. The Kier molecular flexibility index (Phi) is 4.55. The molecule has 0 spiro atoms. The molecule has 4 N–H and O–H groups in total. The number of nitrogens with two attached hydrogens (primary N) is 2. The molecule has 0 amide bonds.